The Bertz CT molecular complexity index is 638. The molecule has 0 amide bonds. The summed E-state index contributed by atoms with van der Waals surface area (Å²) in [5.41, 5.74) is 4.80. The summed E-state index contributed by atoms with van der Waals surface area (Å²) in [5.74, 6) is 0. The quantitative estimate of drug-likeness (QED) is 0.851. The van der Waals surface area contributed by atoms with Crippen molar-refractivity contribution in [2.24, 2.45) is 0 Å². The van der Waals surface area contributed by atoms with Gasteiger partial charge in [-0.3, -0.25) is 0 Å². The molecule has 1 heterocycles. The molecular weight excluding hydrogens is 298 g/mol. The number of anilines is 1. The van der Waals surface area contributed by atoms with Gasteiger partial charge in [-0.15, -0.1) is 0 Å². The Balaban J connectivity index is 2.48. The summed E-state index contributed by atoms with van der Waals surface area (Å²) in [7, 11) is -3.52. The summed E-state index contributed by atoms with van der Waals surface area (Å²) < 4.78 is 31.5. The number of rotatable bonds is 2. The van der Waals surface area contributed by atoms with E-state index in [9.17, 15) is 8.42 Å². The Morgan fingerprint density at radius 3 is 2.35 bits per heavy atom. The highest BCUT2D eigenvalue weighted by atomic mass is 35.5. The Hall–Kier alpha value is -0.780. The van der Waals surface area contributed by atoms with Crippen molar-refractivity contribution in [3.8, 4) is 0 Å². The van der Waals surface area contributed by atoms with Crippen LogP contribution in [0.5, 0.6) is 0 Å². The lowest BCUT2D eigenvalue weighted by molar-refractivity contribution is -0.0635. The molecule has 0 spiro atoms. The average molecular weight is 318 g/mol. The highest BCUT2D eigenvalue weighted by Gasteiger charge is 2.52. The van der Waals surface area contributed by atoms with Gasteiger partial charge in [0.25, 0.3) is 0 Å². The molecule has 0 aliphatic carbocycles. The van der Waals surface area contributed by atoms with Crippen LogP contribution >= 0.6 is 11.6 Å². The van der Waals surface area contributed by atoms with E-state index in [2.05, 4.69) is 0 Å². The third-order valence-corrected chi connectivity index (χ3v) is 6.39. The van der Waals surface area contributed by atoms with Gasteiger partial charge in [0.15, 0.2) is 9.84 Å². The number of ether oxygens (including phenoxy) is 1. The molecule has 0 aromatic heterocycles. The predicted octanol–water partition coefficient (Wildman–Crippen LogP) is 3.04. The average Bonchev–Trinajstić information content (AvgIpc) is 2.51. The molecule has 1 aromatic carbocycles. The van der Waals surface area contributed by atoms with Gasteiger partial charge < -0.3 is 10.5 Å². The molecule has 0 bridgehead atoms. The molecular formula is C14H20ClNO3S. The zero-order chi connectivity index (χ0) is 15.3. The van der Waals surface area contributed by atoms with Gasteiger partial charge in [0.1, 0.15) is 0 Å². The summed E-state index contributed by atoms with van der Waals surface area (Å²) in [4.78, 5) is 0.191. The predicted molar refractivity (Wildman–Crippen MR) is 80.7 cm³/mol. The lowest BCUT2D eigenvalue weighted by Crippen LogP contribution is -2.38. The molecule has 2 rings (SSSR count). The number of hydrogen-bond acceptors (Lipinski definition) is 4. The van der Waals surface area contributed by atoms with E-state index in [1.807, 2.05) is 27.7 Å². The van der Waals surface area contributed by atoms with E-state index < -0.39 is 26.3 Å². The molecule has 1 aromatic rings. The van der Waals surface area contributed by atoms with E-state index in [0.717, 1.165) is 0 Å². The Kier molecular flexibility index (Phi) is 3.60. The molecule has 1 fully saturated rings. The molecule has 20 heavy (non-hydrogen) atoms. The van der Waals surface area contributed by atoms with E-state index in [1.165, 1.54) is 18.2 Å². The maximum absolute atomic E-state index is 12.8. The van der Waals surface area contributed by atoms with Crippen molar-refractivity contribution in [1.82, 2.24) is 0 Å². The molecule has 1 unspecified atom stereocenters. The summed E-state index contributed by atoms with van der Waals surface area (Å²) in [5, 5.41) is -0.355. The molecule has 0 radical (unpaired) electrons. The van der Waals surface area contributed by atoms with Gasteiger partial charge in [0.2, 0.25) is 0 Å². The van der Waals surface area contributed by atoms with Gasteiger partial charge >= 0.3 is 0 Å². The Labute approximate surface area is 125 Å². The SMILES string of the molecule is CC1(C)CC(S(=O)(=O)c2ccc(N)c(Cl)c2)C(C)(C)O1. The Morgan fingerprint density at radius 2 is 1.90 bits per heavy atom. The second-order valence-electron chi connectivity index (χ2n) is 6.39. The van der Waals surface area contributed by atoms with E-state index in [0.29, 0.717) is 12.1 Å². The number of hydrogen-bond donors (Lipinski definition) is 1. The number of halogens is 1. The molecule has 0 saturated carbocycles. The first kappa shape index (κ1) is 15.6. The van der Waals surface area contributed by atoms with Gasteiger partial charge in [-0.05, 0) is 52.3 Å². The highest BCUT2D eigenvalue weighted by molar-refractivity contribution is 7.92. The second kappa shape index (κ2) is 4.61. The van der Waals surface area contributed by atoms with Crippen LogP contribution in [0, 0.1) is 0 Å². The molecule has 1 saturated heterocycles. The third-order valence-electron chi connectivity index (χ3n) is 3.67. The molecule has 1 aliphatic heterocycles. The molecule has 6 heteroatoms. The van der Waals surface area contributed by atoms with Gasteiger partial charge in [0.05, 0.1) is 32.1 Å². The van der Waals surface area contributed by atoms with Gasteiger partial charge in [-0.25, -0.2) is 8.42 Å². The number of benzene rings is 1. The van der Waals surface area contributed by atoms with Crippen LogP contribution in [0.25, 0.3) is 0 Å². The second-order valence-corrected chi connectivity index (χ2v) is 8.92. The number of nitrogen functional groups attached to an aromatic ring is 1. The topological polar surface area (TPSA) is 69.4 Å². The summed E-state index contributed by atoms with van der Waals surface area (Å²) >= 11 is 5.93. The number of nitrogens with two attached hydrogens (primary N) is 1. The van der Waals surface area contributed by atoms with E-state index >= 15 is 0 Å². The fourth-order valence-electron chi connectivity index (χ4n) is 2.84. The van der Waals surface area contributed by atoms with Crippen LogP contribution in [0.3, 0.4) is 0 Å². The van der Waals surface area contributed by atoms with Crippen LogP contribution < -0.4 is 5.73 Å². The fourth-order valence-corrected chi connectivity index (χ4v) is 5.37. The van der Waals surface area contributed by atoms with Crippen LogP contribution in [0.1, 0.15) is 34.1 Å². The number of sulfone groups is 1. The normalized spacial score (nSPS) is 24.8. The molecule has 112 valence electrons. The van der Waals surface area contributed by atoms with Crippen LogP contribution in [-0.4, -0.2) is 24.9 Å². The molecule has 1 aliphatic rings. The van der Waals surface area contributed by atoms with Crippen molar-refractivity contribution in [2.75, 3.05) is 5.73 Å². The Morgan fingerprint density at radius 1 is 1.30 bits per heavy atom. The minimum absolute atomic E-state index is 0.191. The summed E-state index contributed by atoms with van der Waals surface area (Å²) in [6.07, 6.45) is 0.449. The van der Waals surface area contributed by atoms with Crippen molar-refractivity contribution >= 4 is 27.1 Å². The first-order valence-electron chi connectivity index (χ1n) is 6.45. The standard InChI is InChI=1S/C14H20ClNO3S/c1-13(2)8-12(14(3,4)19-13)20(17,18)9-5-6-11(16)10(15)7-9/h5-7,12H,8,16H2,1-4H3. The first-order chi connectivity index (χ1) is 8.96. The van der Waals surface area contributed by atoms with E-state index in [1.54, 1.807) is 0 Å². The van der Waals surface area contributed by atoms with Gasteiger partial charge in [0, 0.05) is 0 Å². The van der Waals surface area contributed by atoms with Crippen LogP contribution in [0.2, 0.25) is 5.02 Å². The maximum atomic E-state index is 12.8. The largest absolute Gasteiger partial charge is 0.398 e. The highest BCUT2D eigenvalue weighted by Crippen LogP contribution is 2.43. The lowest BCUT2D eigenvalue weighted by atomic mass is 10.0. The van der Waals surface area contributed by atoms with Crippen molar-refractivity contribution in [3.05, 3.63) is 23.2 Å². The van der Waals surface area contributed by atoms with E-state index in [-0.39, 0.29) is 9.92 Å². The van der Waals surface area contributed by atoms with Gasteiger partial charge in [-0.1, -0.05) is 11.6 Å². The smallest absolute Gasteiger partial charge is 0.184 e. The molecule has 2 N–H and O–H groups in total. The van der Waals surface area contributed by atoms with Gasteiger partial charge in [-0.2, -0.15) is 0 Å². The first-order valence-corrected chi connectivity index (χ1v) is 8.37. The summed E-state index contributed by atoms with van der Waals surface area (Å²) in [6, 6.07) is 4.43. The minimum Gasteiger partial charge on any atom is -0.398 e. The minimum atomic E-state index is -3.52. The monoisotopic (exact) mass is 317 g/mol. The van der Waals surface area contributed by atoms with Crippen molar-refractivity contribution in [3.63, 3.8) is 0 Å². The van der Waals surface area contributed by atoms with Crippen molar-refractivity contribution < 1.29 is 13.2 Å². The van der Waals surface area contributed by atoms with Crippen LogP contribution in [-0.2, 0) is 14.6 Å². The third kappa shape index (κ3) is 2.67. The molecule has 1 atom stereocenters. The summed E-state index contributed by atoms with van der Waals surface area (Å²) in [6.45, 7) is 7.42. The van der Waals surface area contributed by atoms with Crippen LogP contribution in [0.4, 0.5) is 5.69 Å². The molecule has 4 nitrogen and oxygen atoms in total. The fraction of sp³-hybridized carbons (Fsp3) is 0.571. The van der Waals surface area contributed by atoms with Crippen molar-refractivity contribution in [1.29, 1.82) is 0 Å². The zero-order valence-corrected chi connectivity index (χ0v) is 13.7. The lowest BCUT2D eigenvalue weighted by Gasteiger charge is -2.27. The van der Waals surface area contributed by atoms with Crippen molar-refractivity contribution in [2.45, 2.75) is 55.5 Å². The van der Waals surface area contributed by atoms with E-state index in [4.69, 9.17) is 22.1 Å². The maximum Gasteiger partial charge on any atom is 0.184 e. The van der Waals surface area contributed by atoms with Crippen LogP contribution in [0.15, 0.2) is 23.1 Å². The zero-order valence-electron chi connectivity index (χ0n) is 12.1.